The average molecular weight is 340 g/mol. The first-order valence-electron chi connectivity index (χ1n) is 8.47. The molecule has 1 aliphatic rings. The molecule has 2 aromatic carbocycles. The number of hydrogen-bond acceptors (Lipinski definition) is 4. The molecule has 0 aromatic heterocycles. The smallest absolute Gasteiger partial charge is 0.248 e. The van der Waals surface area contributed by atoms with Gasteiger partial charge in [0.25, 0.3) is 0 Å². The van der Waals surface area contributed by atoms with Crippen molar-refractivity contribution in [1.82, 2.24) is 4.90 Å². The van der Waals surface area contributed by atoms with E-state index in [0.717, 1.165) is 43.0 Å². The van der Waals surface area contributed by atoms with E-state index in [9.17, 15) is 4.79 Å². The van der Waals surface area contributed by atoms with Crippen molar-refractivity contribution in [1.29, 1.82) is 0 Å². The van der Waals surface area contributed by atoms with E-state index < -0.39 is 5.91 Å². The number of rotatable bonds is 6. The van der Waals surface area contributed by atoms with Crippen molar-refractivity contribution in [3.8, 4) is 11.5 Å². The first kappa shape index (κ1) is 17.3. The molecule has 1 atom stereocenters. The first-order chi connectivity index (χ1) is 12.1. The molecular weight excluding hydrogens is 316 g/mol. The molecule has 0 saturated carbocycles. The summed E-state index contributed by atoms with van der Waals surface area (Å²) in [6, 6.07) is 13.8. The normalized spacial score (nSPS) is 17.4. The zero-order chi connectivity index (χ0) is 17.8. The van der Waals surface area contributed by atoms with Gasteiger partial charge in [-0.2, -0.15) is 0 Å². The fourth-order valence-electron chi connectivity index (χ4n) is 3.48. The fourth-order valence-corrected chi connectivity index (χ4v) is 3.48. The summed E-state index contributed by atoms with van der Waals surface area (Å²) in [6.45, 7) is 1.85. The van der Waals surface area contributed by atoms with Gasteiger partial charge in [-0.15, -0.1) is 0 Å². The minimum Gasteiger partial charge on any atom is -0.497 e. The fraction of sp³-hybridized carbons (Fsp3) is 0.350. The number of benzene rings is 2. The molecule has 0 bridgehead atoms. The number of ether oxygens (including phenoxy) is 2. The third-order valence-electron chi connectivity index (χ3n) is 4.78. The van der Waals surface area contributed by atoms with E-state index in [1.54, 1.807) is 26.4 Å². The Bertz CT molecular complexity index is 743. The molecule has 1 aliphatic heterocycles. The molecule has 5 heteroatoms. The largest absolute Gasteiger partial charge is 0.497 e. The Morgan fingerprint density at radius 3 is 2.56 bits per heavy atom. The molecule has 1 unspecified atom stereocenters. The van der Waals surface area contributed by atoms with E-state index in [1.807, 2.05) is 24.3 Å². The number of primary amides is 1. The van der Waals surface area contributed by atoms with Gasteiger partial charge in [0.15, 0.2) is 0 Å². The summed E-state index contributed by atoms with van der Waals surface area (Å²) in [4.78, 5) is 13.7. The molecule has 0 aliphatic carbocycles. The molecule has 25 heavy (non-hydrogen) atoms. The van der Waals surface area contributed by atoms with Crippen LogP contribution in [0.4, 0.5) is 0 Å². The Labute approximate surface area is 148 Å². The Morgan fingerprint density at radius 2 is 1.92 bits per heavy atom. The SMILES string of the molecule is COc1ccc(OC)c(C2CCCN2Cc2ccc(C(N)=O)cc2)c1. The molecule has 1 saturated heterocycles. The lowest BCUT2D eigenvalue weighted by Crippen LogP contribution is -2.23. The lowest BCUT2D eigenvalue weighted by atomic mass is 10.0. The molecule has 1 amide bonds. The van der Waals surface area contributed by atoms with Crippen molar-refractivity contribution in [2.75, 3.05) is 20.8 Å². The highest BCUT2D eigenvalue weighted by molar-refractivity contribution is 5.92. The quantitative estimate of drug-likeness (QED) is 0.877. The highest BCUT2D eigenvalue weighted by Crippen LogP contribution is 2.39. The van der Waals surface area contributed by atoms with Crippen LogP contribution in [0.3, 0.4) is 0 Å². The molecule has 5 nitrogen and oxygen atoms in total. The van der Waals surface area contributed by atoms with Crippen molar-refractivity contribution in [2.24, 2.45) is 5.73 Å². The van der Waals surface area contributed by atoms with E-state index in [-0.39, 0.29) is 0 Å². The second kappa shape index (κ2) is 7.57. The van der Waals surface area contributed by atoms with Crippen LogP contribution in [0.2, 0.25) is 0 Å². The number of carbonyl (C=O) groups excluding carboxylic acids is 1. The molecule has 1 fully saturated rings. The van der Waals surface area contributed by atoms with Gasteiger partial charge in [0.2, 0.25) is 5.91 Å². The number of methoxy groups -OCH3 is 2. The third-order valence-corrected chi connectivity index (χ3v) is 4.78. The Hall–Kier alpha value is -2.53. The molecule has 2 aromatic rings. The zero-order valence-corrected chi connectivity index (χ0v) is 14.7. The lowest BCUT2D eigenvalue weighted by molar-refractivity contribution is 0.100. The van der Waals surface area contributed by atoms with Crippen molar-refractivity contribution in [2.45, 2.75) is 25.4 Å². The third kappa shape index (κ3) is 3.77. The van der Waals surface area contributed by atoms with Gasteiger partial charge in [-0.1, -0.05) is 12.1 Å². The molecule has 0 radical (unpaired) electrons. The predicted octanol–water partition coefficient (Wildman–Crippen LogP) is 3.14. The number of nitrogens with two attached hydrogens (primary N) is 1. The van der Waals surface area contributed by atoms with Crippen LogP contribution in [0, 0.1) is 0 Å². The van der Waals surface area contributed by atoms with Gasteiger partial charge in [0.05, 0.1) is 14.2 Å². The Morgan fingerprint density at radius 1 is 1.16 bits per heavy atom. The minimum absolute atomic E-state index is 0.292. The van der Waals surface area contributed by atoms with Crippen molar-refractivity contribution < 1.29 is 14.3 Å². The molecule has 132 valence electrons. The summed E-state index contributed by atoms with van der Waals surface area (Å²) in [5, 5.41) is 0. The number of hydrogen-bond donors (Lipinski definition) is 1. The highest BCUT2D eigenvalue weighted by atomic mass is 16.5. The number of nitrogens with zero attached hydrogens (tertiary/aromatic N) is 1. The van der Waals surface area contributed by atoms with E-state index in [0.29, 0.717) is 11.6 Å². The zero-order valence-electron chi connectivity index (χ0n) is 14.7. The maximum atomic E-state index is 11.2. The number of amides is 1. The molecule has 1 heterocycles. The standard InChI is InChI=1S/C20H24N2O3/c1-24-16-9-10-19(25-2)17(12-16)18-4-3-11-22(18)13-14-5-7-15(8-6-14)20(21)23/h5-10,12,18H,3-4,11,13H2,1-2H3,(H2,21,23). The van der Waals surface area contributed by atoms with Crippen LogP contribution in [0.25, 0.3) is 0 Å². The van der Waals surface area contributed by atoms with E-state index in [1.165, 1.54) is 5.56 Å². The Balaban J connectivity index is 1.82. The Kier molecular flexibility index (Phi) is 5.24. The lowest BCUT2D eigenvalue weighted by Gasteiger charge is -2.26. The van der Waals surface area contributed by atoms with Gasteiger partial charge in [-0.05, 0) is 55.3 Å². The van der Waals surface area contributed by atoms with E-state index in [4.69, 9.17) is 15.2 Å². The topological polar surface area (TPSA) is 64.8 Å². The van der Waals surface area contributed by atoms with Crippen LogP contribution in [0.15, 0.2) is 42.5 Å². The van der Waals surface area contributed by atoms with Gasteiger partial charge in [0, 0.05) is 23.7 Å². The van der Waals surface area contributed by atoms with Crippen LogP contribution < -0.4 is 15.2 Å². The van der Waals surface area contributed by atoms with Gasteiger partial charge >= 0.3 is 0 Å². The highest BCUT2D eigenvalue weighted by Gasteiger charge is 2.28. The summed E-state index contributed by atoms with van der Waals surface area (Å²) in [6.07, 6.45) is 2.23. The van der Waals surface area contributed by atoms with Crippen molar-refractivity contribution >= 4 is 5.91 Å². The maximum Gasteiger partial charge on any atom is 0.248 e. The van der Waals surface area contributed by atoms with Crippen molar-refractivity contribution in [3.05, 3.63) is 59.2 Å². The average Bonchev–Trinajstić information content (AvgIpc) is 3.09. The molecule has 3 rings (SSSR count). The van der Waals surface area contributed by atoms with Crippen molar-refractivity contribution in [3.63, 3.8) is 0 Å². The summed E-state index contributed by atoms with van der Waals surface area (Å²) in [5.74, 6) is 1.34. The molecular formula is C20H24N2O3. The summed E-state index contributed by atoms with van der Waals surface area (Å²) < 4.78 is 10.9. The second-order valence-corrected chi connectivity index (χ2v) is 6.30. The summed E-state index contributed by atoms with van der Waals surface area (Å²) in [7, 11) is 3.38. The monoisotopic (exact) mass is 340 g/mol. The maximum absolute atomic E-state index is 11.2. The van der Waals surface area contributed by atoms with E-state index >= 15 is 0 Å². The van der Waals surface area contributed by atoms with Crippen LogP contribution in [0.5, 0.6) is 11.5 Å². The summed E-state index contributed by atoms with van der Waals surface area (Å²) in [5.41, 5.74) is 8.17. The predicted molar refractivity (Wildman–Crippen MR) is 96.9 cm³/mol. The second-order valence-electron chi connectivity index (χ2n) is 6.30. The number of likely N-dealkylation sites (tertiary alicyclic amines) is 1. The van der Waals surface area contributed by atoms with Crippen LogP contribution in [-0.4, -0.2) is 31.6 Å². The minimum atomic E-state index is -0.397. The van der Waals surface area contributed by atoms with Crippen LogP contribution in [-0.2, 0) is 6.54 Å². The van der Waals surface area contributed by atoms with Gasteiger partial charge in [-0.25, -0.2) is 0 Å². The summed E-state index contributed by atoms with van der Waals surface area (Å²) >= 11 is 0. The van der Waals surface area contributed by atoms with Gasteiger partial charge in [0.1, 0.15) is 11.5 Å². The number of carbonyl (C=O) groups is 1. The van der Waals surface area contributed by atoms with Gasteiger partial charge in [-0.3, -0.25) is 9.69 Å². The molecule has 2 N–H and O–H groups in total. The first-order valence-corrected chi connectivity index (χ1v) is 8.47. The van der Waals surface area contributed by atoms with Gasteiger partial charge < -0.3 is 15.2 Å². The van der Waals surface area contributed by atoms with Crippen LogP contribution >= 0.6 is 0 Å². The van der Waals surface area contributed by atoms with Crippen LogP contribution in [0.1, 0.15) is 40.4 Å². The van der Waals surface area contributed by atoms with E-state index in [2.05, 4.69) is 11.0 Å². The molecule has 0 spiro atoms.